The van der Waals surface area contributed by atoms with E-state index >= 15 is 0 Å². The molecule has 1 N–H and O–H groups in total. The Hall–Kier alpha value is -3.02. The molecular formula is C19H16F5N3O3S. The van der Waals surface area contributed by atoms with E-state index in [1.165, 1.54) is 23.8 Å². The fourth-order valence-corrected chi connectivity index (χ4v) is 3.51. The molecule has 0 aliphatic heterocycles. The minimum Gasteiger partial charge on any atom is -0.493 e. The van der Waals surface area contributed by atoms with Crippen molar-refractivity contribution in [1.29, 1.82) is 0 Å². The monoisotopic (exact) mass is 461 g/mol. The topological polar surface area (TPSA) is 69.1 Å². The first kappa shape index (κ1) is 22.7. The van der Waals surface area contributed by atoms with Crippen LogP contribution in [0.1, 0.15) is 25.5 Å². The van der Waals surface area contributed by atoms with Crippen molar-refractivity contribution < 1.29 is 31.4 Å². The van der Waals surface area contributed by atoms with Gasteiger partial charge in [0.05, 0.1) is 23.8 Å². The Morgan fingerprint density at radius 2 is 1.84 bits per heavy atom. The van der Waals surface area contributed by atoms with Gasteiger partial charge in [-0.2, -0.15) is 22.0 Å². The van der Waals surface area contributed by atoms with Gasteiger partial charge in [-0.15, -0.1) is 0 Å². The minimum atomic E-state index is -4.87. The highest BCUT2D eigenvalue weighted by atomic mass is 32.1. The van der Waals surface area contributed by atoms with Crippen molar-refractivity contribution in [3.63, 3.8) is 0 Å². The van der Waals surface area contributed by atoms with Crippen LogP contribution in [0.2, 0.25) is 0 Å². The molecule has 0 aliphatic rings. The number of rotatable bonds is 5. The Kier molecular flexibility index (Phi) is 6.03. The Bertz CT molecular complexity index is 1250. The third-order valence-electron chi connectivity index (χ3n) is 4.39. The average molecular weight is 461 g/mol. The number of H-pyrrole nitrogens is 1. The number of nitrogens with one attached hydrogen (secondary N) is 1. The number of pyridine rings is 1. The Balaban J connectivity index is 2.38. The van der Waals surface area contributed by atoms with Crippen molar-refractivity contribution in [3.8, 4) is 22.8 Å². The second-order valence-electron chi connectivity index (χ2n) is 6.72. The summed E-state index contributed by atoms with van der Waals surface area (Å²) in [5.41, 5.74) is -2.49. The lowest BCUT2D eigenvalue weighted by Crippen LogP contribution is -2.21. The molecule has 0 bridgehead atoms. The number of halogens is 5. The van der Waals surface area contributed by atoms with Crippen molar-refractivity contribution in [2.75, 3.05) is 7.11 Å². The summed E-state index contributed by atoms with van der Waals surface area (Å²) in [4.78, 5) is 18.9. The smallest absolute Gasteiger partial charge is 0.417 e. The van der Waals surface area contributed by atoms with Crippen molar-refractivity contribution in [2.24, 2.45) is 0 Å². The molecule has 0 saturated heterocycles. The van der Waals surface area contributed by atoms with Gasteiger partial charge in [-0.25, -0.2) is 4.98 Å². The van der Waals surface area contributed by atoms with E-state index in [9.17, 15) is 26.7 Å². The Morgan fingerprint density at radius 3 is 2.39 bits per heavy atom. The zero-order valence-electron chi connectivity index (χ0n) is 16.4. The highest BCUT2D eigenvalue weighted by Gasteiger charge is 2.35. The number of nitrogens with zero attached hydrogens (tertiary/aromatic N) is 2. The van der Waals surface area contributed by atoms with E-state index in [1.54, 1.807) is 13.8 Å². The van der Waals surface area contributed by atoms with Crippen molar-refractivity contribution in [2.45, 2.75) is 32.7 Å². The van der Waals surface area contributed by atoms with Gasteiger partial charge in [-0.3, -0.25) is 14.3 Å². The minimum absolute atomic E-state index is 0.0801. The van der Waals surface area contributed by atoms with Gasteiger partial charge in [0, 0.05) is 11.6 Å². The number of ether oxygens (including phenoxy) is 2. The zero-order chi connectivity index (χ0) is 23.1. The summed E-state index contributed by atoms with van der Waals surface area (Å²) in [5, 5.41) is -0.650. The normalized spacial score (nSPS) is 12.1. The maximum Gasteiger partial charge on any atom is 0.417 e. The SMILES string of the molecule is COc1cc(-c2cc(C(F)(F)F)c3c(=O)[nH]c(=S)n(C(C)C)c3n2)ccc1OC(F)F. The van der Waals surface area contributed by atoms with Crippen molar-refractivity contribution >= 4 is 23.3 Å². The second-order valence-corrected chi connectivity index (χ2v) is 7.11. The lowest BCUT2D eigenvalue weighted by atomic mass is 10.1. The third kappa shape index (κ3) is 4.38. The van der Waals surface area contributed by atoms with E-state index in [4.69, 9.17) is 17.0 Å². The molecule has 166 valence electrons. The Labute approximate surface area is 177 Å². The first-order valence-corrected chi connectivity index (χ1v) is 9.24. The molecule has 0 radical (unpaired) electrons. The summed E-state index contributed by atoms with van der Waals surface area (Å²) in [6.07, 6.45) is -4.87. The first-order valence-electron chi connectivity index (χ1n) is 8.84. The number of alkyl halides is 5. The number of aromatic nitrogens is 3. The van der Waals surface area contributed by atoms with Gasteiger partial charge >= 0.3 is 12.8 Å². The molecule has 12 heteroatoms. The van der Waals surface area contributed by atoms with Crippen LogP contribution < -0.4 is 15.0 Å². The summed E-state index contributed by atoms with van der Waals surface area (Å²) < 4.78 is 77.2. The quantitative estimate of drug-likeness (QED) is 0.411. The van der Waals surface area contributed by atoms with Crippen LogP contribution in [-0.2, 0) is 6.18 Å². The summed E-state index contributed by atoms with van der Waals surface area (Å²) in [7, 11) is 1.20. The highest BCUT2D eigenvalue weighted by Crippen LogP contribution is 2.38. The molecule has 6 nitrogen and oxygen atoms in total. The van der Waals surface area contributed by atoms with Crippen LogP contribution in [0.5, 0.6) is 11.5 Å². The molecule has 0 unspecified atom stereocenters. The largest absolute Gasteiger partial charge is 0.493 e. The van der Waals surface area contributed by atoms with Gasteiger partial charge in [-0.05, 0) is 50.3 Å². The molecular weight excluding hydrogens is 445 g/mol. The van der Waals surface area contributed by atoms with Crippen LogP contribution in [0.3, 0.4) is 0 Å². The van der Waals surface area contributed by atoms with Crippen molar-refractivity contribution in [3.05, 3.63) is 45.0 Å². The molecule has 0 aliphatic carbocycles. The highest BCUT2D eigenvalue weighted by molar-refractivity contribution is 7.71. The molecule has 0 fully saturated rings. The van der Waals surface area contributed by atoms with Crippen LogP contribution in [-0.4, -0.2) is 28.3 Å². The first-order chi connectivity index (χ1) is 14.4. The van der Waals surface area contributed by atoms with Crippen LogP contribution in [0.15, 0.2) is 29.1 Å². The van der Waals surface area contributed by atoms with Gasteiger partial charge in [0.25, 0.3) is 5.56 Å². The van der Waals surface area contributed by atoms with E-state index in [0.717, 1.165) is 6.07 Å². The number of hydrogen-bond donors (Lipinski definition) is 1. The maximum atomic E-state index is 13.8. The van der Waals surface area contributed by atoms with Gasteiger partial charge in [-0.1, -0.05) is 0 Å². The number of aromatic amines is 1. The fourth-order valence-electron chi connectivity index (χ4n) is 3.12. The third-order valence-corrected chi connectivity index (χ3v) is 4.69. The van der Waals surface area contributed by atoms with Gasteiger partial charge in [0.2, 0.25) is 0 Å². The number of benzene rings is 1. The fraction of sp³-hybridized carbons (Fsp3) is 0.316. The van der Waals surface area contributed by atoms with E-state index in [2.05, 4.69) is 14.7 Å². The summed E-state index contributed by atoms with van der Waals surface area (Å²) in [5.74, 6) is -0.417. The lowest BCUT2D eigenvalue weighted by molar-refractivity contribution is -0.136. The summed E-state index contributed by atoms with van der Waals surface area (Å²) in [6, 6.07) is 3.91. The molecule has 31 heavy (non-hydrogen) atoms. The maximum absolute atomic E-state index is 13.8. The molecule has 0 saturated carbocycles. The molecule has 2 aromatic heterocycles. The predicted octanol–water partition coefficient (Wildman–Crippen LogP) is 5.33. The van der Waals surface area contributed by atoms with Gasteiger partial charge in [0.1, 0.15) is 5.65 Å². The molecule has 1 aromatic carbocycles. The number of fused-ring (bicyclic) bond motifs is 1. The Morgan fingerprint density at radius 1 is 1.16 bits per heavy atom. The predicted molar refractivity (Wildman–Crippen MR) is 105 cm³/mol. The van der Waals surface area contributed by atoms with Crippen LogP contribution in [0.25, 0.3) is 22.3 Å². The lowest BCUT2D eigenvalue weighted by Gasteiger charge is -2.18. The molecule has 0 spiro atoms. The summed E-state index contributed by atoms with van der Waals surface area (Å²) in [6.45, 7) is 0.237. The number of hydrogen-bond acceptors (Lipinski definition) is 5. The van der Waals surface area contributed by atoms with E-state index in [-0.39, 0.29) is 33.2 Å². The number of methoxy groups -OCH3 is 1. The van der Waals surface area contributed by atoms with Crippen LogP contribution in [0.4, 0.5) is 22.0 Å². The second kappa shape index (κ2) is 8.25. The standard InChI is InChI=1S/C19H16F5N3O3S/c1-8(2)27-15-14(16(28)26-18(27)31)10(19(22,23)24)7-11(25-15)9-4-5-12(30-17(20)21)13(6-9)29-3/h4-8,17H,1-3H3,(H,26,28,31). The zero-order valence-corrected chi connectivity index (χ0v) is 17.2. The molecule has 0 amide bonds. The molecule has 3 rings (SSSR count). The van der Waals surface area contributed by atoms with Gasteiger partial charge < -0.3 is 9.47 Å². The molecule has 3 aromatic rings. The summed E-state index contributed by atoms with van der Waals surface area (Å²) >= 11 is 5.12. The van der Waals surface area contributed by atoms with E-state index < -0.39 is 35.3 Å². The van der Waals surface area contributed by atoms with Gasteiger partial charge in [0.15, 0.2) is 16.3 Å². The van der Waals surface area contributed by atoms with E-state index in [1.807, 2.05) is 0 Å². The molecule has 2 heterocycles. The van der Waals surface area contributed by atoms with Crippen LogP contribution in [0, 0.1) is 4.77 Å². The molecule has 0 atom stereocenters. The van der Waals surface area contributed by atoms with Crippen molar-refractivity contribution in [1.82, 2.24) is 14.5 Å². The van der Waals surface area contributed by atoms with Crippen LogP contribution >= 0.6 is 12.2 Å². The van der Waals surface area contributed by atoms with E-state index in [0.29, 0.717) is 6.07 Å². The average Bonchev–Trinajstić information content (AvgIpc) is 2.65.